The lowest BCUT2D eigenvalue weighted by Gasteiger charge is -2.25. The van der Waals surface area contributed by atoms with Gasteiger partial charge in [-0.05, 0) is 59.9 Å². The average molecular weight is 659 g/mol. The number of primary amides is 1. The summed E-state index contributed by atoms with van der Waals surface area (Å²) in [5.74, 6) is -4.34. The summed E-state index contributed by atoms with van der Waals surface area (Å²) < 4.78 is 0. The summed E-state index contributed by atoms with van der Waals surface area (Å²) in [4.78, 5) is 67.1. The average Bonchev–Trinajstić information content (AvgIpc) is 3.46. The quantitative estimate of drug-likeness (QED) is 0.0822. The monoisotopic (exact) mass is 658 g/mol. The van der Waals surface area contributed by atoms with Crippen LogP contribution in [-0.4, -0.2) is 74.1 Å². The number of carbonyl (C=O) groups is 5. The van der Waals surface area contributed by atoms with Crippen molar-refractivity contribution in [3.63, 3.8) is 0 Å². The summed E-state index contributed by atoms with van der Waals surface area (Å²) in [5, 5.41) is 37.5. The molecule has 0 saturated carbocycles. The zero-order valence-corrected chi connectivity index (χ0v) is 25.9. The molecule has 14 heteroatoms. The predicted molar refractivity (Wildman–Crippen MR) is 175 cm³/mol. The Balaban J connectivity index is 1.59. The van der Waals surface area contributed by atoms with Gasteiger partial charge in [-0.2, -0.15) is 0 Å². The van der Waals surface area contributed by atoms with E-state index in [1.807, 2.05) is 24.3 Å². The van der Waals surface area contributed by atoms with Gasteiger partial charge in [0, 0.05) is 36.4 Å². The van der Waals surface area contributed by atoms with Crippen molar-refractivity contribution in [3.8, 4) is 11.5 Å². The molecule has 0 spiro atoms. The maximum Gasteiger partial charge on any atom is 0.326 e. The Labute approximate surface area is 275 Å². The van der Waals surface area contributed by atoms with Gasteiger partial charge in [-0.3, -0.25) is 19.2 Å². The van der Waals surface area contributed by atoms with Gasteiger partial charge >= 0.3 is 5.97 Å². The molecule has 1 heterocycles. The molecular weight excluding hydrogens is 620 g/mol. The van der Waals surface area contributed by atoms with Crippen LogP contribution in [0.1, 0.15) is 29.5 Å². The standard InChI is InChI=1S/C34H38N6O8/c35-25(15-19-5-9-22(41)10-6-19)31(44)39-29(17-21-18-37-26-4-2-1-3-24(21)26)33(46)40-28(16-20-7-11-23(42)12-8-20)32(45)38-27(34(47)48)13-14-30(36)43/h1-12,18,25,27-29,37,41-42H,13-17,35H2,(H2,36,43)(H,38,45)(H,39,44)(H,40,46)(H,47,48)/t25-,27-,28-,29-/m0/s1. The maximum absolute atomic E-state index is 14.0. The van der Waals surface area contributed by atoms with E-state index in [0.717, 1.165) is 10.9 Å². The number of nitrogens with two attached hydrogens (primary N) is 2. The fraction of sp³-hybridized carbons (Fsp3) is 0.265. The van der Waals surface area contributed by atoms with Crippen LogP contribution in [-0.2, 0) is 43.2 Å². The number of benzene rings is 3. The number of phenols is 2. The van der Waals surface area contributed by atoms with Crippen LogP contribution in [0.15, 0.2) is 79.0 Å². The second kappa shape index (κ2) is 16.1. The van der Waals surface area contributed by atoms with Crippen molar-refractivity contribution >= 4 is 40.5 Å². The van der Waals surface area contributed by atoms with E-state index in [9.17, 15) is 39.3 Å². The molecule has 48 heavy (non-hydrogen) atoms. The number of para-hydroxylation sites is 1. The van der Waals surface area contributed by atoms with Gasteiger partial charge < -0.3 is 47.7 Å². The van der Waals surface area contributed by atoms with E-state index in [0.29, 0.717) is 16.7 Å². The number of fused-ring (bicyclic) bond motifs is 1. The van der Waals surface area contributed by atoms with Crippen molar-refractivity contribution in [2.75, 3.05) is 0 Å². The molecule has 11 N–H and O–H groups in total. The number of amides is 4. The number of phenolic OH excluding ortho intramolecular Hbond substituents is 2. The number of carboxylic acid groups (broad SMARTS) is 1. The number of aromatic nitrogens is 1. The minimum absolute atomic E-state index is 0.0113. The molecule has 0 saturated heterocycles. The number of hydrogen-bond donors (Lipinski definition) is 9. The van der Waals surface area contributed by atoms with E-state index in [4.69, 9.17) is 11.5 Å². The topological polar surface area (TPSA) is 250 Å². The molecular formula is C34H38N6O8. The van der Waals surface area contributed by atoms with Crippen LogP contribution in [0.2, 0.25) is 0 Å². The first-order valence-electron chi connectivity index (χ1n) is 15.2. The first-order valence-corrected chi connectivity index (χ1v) is 15.2. The zero-order chi connectivity index (χ0) is 34.8. The summed E-state index contributed by atoms with van der Waals surface area (Å²) in [6.45, 7) is 0. The molecule has 0 bridgehead atoms. The summed E-state index contributed by atoms with van der Waals surface area (Å²) in [6.07, 6.45) is 1.17. The van der Waals surface area contributed by atoms with Crippen LogP contribution in [0.5, 0.6) is 11.5 Å². The zero-order valence-electron chi connectivity index (χ0n) is 25.9. The number of aromatic amines is 1. The highest BCUT2D eigenvalue weighted by atomic mass is 16.4. The smallest absolute Gasteiger partial charge is 0.326 e. The van der Waals surface area contributed by atoms with Gasteiger partial charge in [-0.25, -0.2) is 4.79 Å². The minimum atomic E-state index is -1.47. The van der Waals surface area contributed by atoms with Crippen molar-refractivity contribution in [2.24, 2.45) is 11.5 Å². The number of hydrogen-bond acceptors (Lipinski definition) is 8. The Morgan fingerprint density at radius 2 is 1.21 bits per heavy atom. The molecule has 1 aromatic heterocycles. The van der Waals surface area contributed by atoms with Crippen molar-refractivity contribution in [3.05, 3.63) is 95.7 Å². The van der Waals surface area contributed by atoms with Gasteiger partial charge in [0.25, 0.3) is 0 Å². The normalized spacial score (nSPS) is 13.5. The van der Waals surface area contributed by atoms with Crippen LogP contribution >= 0.6 is 0 Å². The molecule has 0 fully saturated rings. The van der Waals surface area contributed by atoms with Gasteiger partial charge in [0.1, 0.15) is 29.6 Å². The van der Waals surface area contributed by atoms with Crippen molar-refractivity contribution < 1.29 is 39.3 Å². The second-order valence-electron chi connectivity index (χ2n) is 11.4. The SMILES string of the molecule is NC(=O)CC[C@H](NC(=O)[C@H](Cc1ccc(O)cc1)NC(=O)[C@H](Cc1c[nH]c2ccccc12)NC(=O)[C@@H](N)Cc1ccc(O)cc1)C(=O)O. The Bertz CT molecular complexity index is 1760. The number of carbonyl (C=O) groups excluding carboxylic acids is 4. The van der Waals surface area contributed by atoms with Crippen molar-refractivity contribution in [1.82, 2.24) is 20.9 Å². The Hall–Kier alpha value is -5.89. The number of carboxylic acids is 1. The highest BCUT2D eigenvalue weighted by Gasteiger charge is 2.31. The number of H-pyrrole nitrogens is 1. The molecule has 4 atom stereocenters. The number of aliphatic carboxylic acids is 1. The molecule has 0 aliphatic heterocycles. The van der Waals surface area contributed by atoms with E-state index < -0.39 is 53.8 Å². The lowest BCUT2D eigenvalue weighted by Crippen LogP contribution is -2.58. The van der Waals surface area contributed by atoms with E-state index in [-0.39, 0.29) is 43.6 Å². The molecule has 4 rings (SSSR count). The number of rotatable bonds is 16. The summed E-state index contributed by atoms with van der Waals surface area (Å²) in [6, 6.07) is 14.4. The molecule has 252 valence electrons. The molecule has 3 aromatic carbocycles. The van der Waals surface area contributed by atoms with Crippen molar-refractivity contribution in [1.29, 1.82) is 0 Å². The molecule has 0 aliphatic rings. The molecule has 4 aromatic rings. The highest BCUT2D eigenvalue weighted by molar-refractivity contribution is 5.95. The predicted octanol–water partition coefficient (Wildman–Crippen LogP) is 0.739. The largest absolute Gasteiger partial charge is 0.508 e. The highest BCUT2D eigenvalue weighted by Crippen LogP contribution is 2.20. The third-order valence-corrected chi connectivity index (χ3v) is 7.76. The fourth-order valence-electron chi connectivity index (χ4n) is 5.15. The number of aromatic hydroxyl groups is 2. The third kappa shape index (κ3) is 9.80. The van der Waals surface area contributed by atoms with E-state index >= 15 is 0 Å². The van der Waals surface area contributed by atoms with Crippen LogP contribution in [0.25, 0.3) is 10.9 Å². The summed E-state index contributed by atoms with van der Waals surface area (Å²) >= 11 is 0. The second-order valence-corrected chi connectivity index (χ2v) is 11.4. The molecule has 0 unspecified atom stereocenters. The first-order chi connectivity index (χ1) is 22.9. The molecule has 0 aliphatic carbocycles. The first kappa shape index (κ1) is 35.0. The Kier molecular flexibility index (Phi) is 11.7. The minimum Gasteiger partial charge on any atom is -0.508 e. The molecule has 0 radical (unpaired) electrons. The van der Waals surface area contributed by atoms with E-state index in [2.05, 4.69) is 20.9 Å². The lowest BCUT2D eigenvalue weighted by atomic mass is 10.0. The number of nitrogens with one attached hydrogen (secondary N) is 4. The van der Waals surface area contributed by atoms with Gasteiger partial charge in [0.2, 0.25) is 23.6 Å². The maximum atomic E-state index is 14.0. The van der Waals surface area contributed by atoms with Crippen LogP contribution in [0, 0.1) is 0 Å². The van der Waals surface area contributed by atoms with Gasteiger partial charge in [0.05, 0.1) is 6.04 Å². The van der Waals surface area contributed by atoms with E-state index in [1.54, 1.807) is 18.3 Å². The fourth-order valence-corrected chi connectivity index (χ4v) is 5.15. The Morgan fingerprint density at radius 3 is 1.79 bits per heavy atom. The van der Waals surface area contributed by atoms with Crippen LogP contribution in [0.4, 0.5) is 0 Å². The third-order valence-electron chi connectivity index (χ3n) is 7.76. The molecule has 14 nitrogen and oxygen atoms in total. The van der Waals surface area contributed by atoms with Gasteiger partial charge in [-0.15, -0.1) is 0 Å². The lowest BCUT2D eigenvalue weighted by molar-refractivity contribution is -0.142. The summed E-state index contributed by atoms with van der Waals surface area (Å²) in [5.41, 5.74) is 14.1. The Morgan fingerprint density at radius 1 is 0.688 bits per heavy atom. The van der Waals surface area contributed by atoms with Crippen molar-refractivity contribution in [2.45, 2.75) is 56.3 Å². The van der Waals surface area contributed by atoms with Crippen LogP contribution in [0.3, 0.4) is 0 Å². The van der Waals surface area contributed by atoms with Gasteiger partial charge in [0.15, 0.2) is 0 Å². The van der Waals surface area contributed by atoms with Gasteiger partial charge in [-0.1, -0.05) is 42.5 Å². The van der Waals surface area contributed by atoms with Crippen LogP contribution < -0.4 is 27.4 Å². The molecule has 4 amide bonds. The summed E-state index contributed by atoms with van der Waals surface area (Å²) in [7, 11) is 0. The van der Waals surface area contributed by atoms with E-state index in [1.165, 1.54) is 36.4 Å².